The molecule has 0 heterocycles. The molecule has 0 aliphatic carbocycles. The number of rotatable bonds is 4. The van der Waals surface area contributed by atoms with E-state index in [1.54, 1.807) is 51.5 Å². The third-order valence-corrected chi connectivity index (χ3v) is 3.11. The van der Waals surface area contributed by atoms with E-state index < -0.39 is 11.8 Å². The van der Waals surface area contributed by atoms with Gasteiger partial charge < -0.3 is 0 Å². The molecule has 0 aliphatic heterocycles. The van der Waals surface area contributed by atoms with E-state index >= 15 is 0 Å². The second-order valence-corrected chi connectivity index (χ2v) is 4.87. The lowest BCUT2D eigenvalue weighted by atomic mass is 10.0. The molecule has 1 aromatic carbocycles. The van der Waals surface area contributed by atoms with Crippen molar-refractivity contribution in [2.75, 3.05) is 0 Å². The summed E-state index contributed by atoms with van der Waals surface area (Å²) in [6.07, 6.45) is -2.02. The number of benzene rings is 1. The van der Waals surface area contributed by atoms with Crippen LogP contribution in [0.2, 0.25) is 0 Å². The smallest absolute Gasteiger partial charge is 0.285 e. The van der Waals surface area contributed by atoms with Crippen LogP contribution in [0.4, 0.5) is 13.2 Å². The van der Waals surface area contributed by atoms with Crippen LogP contribution in [0.3, 0.4) is 0 Å². The average Bonchev–Trinajstić information content (AvgIpc) is 2.27. The molecule has 0 fully saturated rings. The van der Waals surface area contributed by atoms with E-state index in [-0.39, 0.29) is 0 Å². The molecule has 6 heteroatoms. The first-order valence-electron chi connectivity index (χ1n) is 4.66. The van der Waals surface area contributed by atoms with Gasteiger partial charge in [-0.15, -0.1) is 0 Å². The van der Waals surface area contributed by atoms with Gasteiger partial charge in [-0.2, -0.15) is 13.2 Å². The van der Waals surface area contributed by atoms with E-state index in [0.29, 0.717) is 14.8 Å². The van der Waals surface area contributed by atoms with Crippen molar-refractivity contribution in [2.45, 2.75) is 18.7 Å². The van der Waals surface area contributed by atoms with Gasteiger partial charge in [0.2, 0.25) is 0 Å². The SMILES string of the molecule is CC(/C=C/c1ccccc1)(OSI)C(F)(F)F. The highest BCUT2D eigenvalue weighted by Crippen LogP contribution is 2.39. The Labute approximate surface area is 114 Å². The standard InChI is InChI=1S/C11H10F3IOS/c1-10(16-17-15,11(12,13)14)8-7-9-5-3-2-4-6-9/h2-8H,1H3/b8-7+. The summed E-state index contributed by atoms with van der Waals surface area (Å²) >= 11 is 1.67. The first kappa shape index (κ1) is 14.8. The molecule has 0 aromatic heterocycles. The van der Waals surface area contributed by atoms with Crippen LogP contribution in [0.5, 0.6) is 0 Å². The van der Waals surface area contributed by atoms with Crippen molar-refractivity contribution in [1.82, 2.24) is 0 Å². The Morgan fingerprint density at radius 3 is 2.29 bits per heavy atom. The van der Waals surface area contributed by atoms with Gasteiger partial charge in [-0.1, -0.05) is 36.4 Å². The van der Waals surface area contributed by atoms with Crippen molar-refractivity contribution in [3.05, 3.63) is 42.0 Å². The second-order valence-electron chi connectivity index (χ2n) is 3.50. The fourth-order valence-corrected chi connectivity index (χ4v) is 2.46. The van der Waals surface area contributed by atoms with Gasteiger partial charge in [0.05, 0.1) is 9.21 Å². The van der Waals surface area contributed by atoms with Crippen molar-refractivity contribution in [3.63, 3.8) is 0 Å². The molecule has 0 spiro atoms. The van der Waals surface area contributed by atoms with Gasteiger partial charge in [-0.3, -0.25) is 4.18 Å². The molecule has 0 saturated carbocycles. The van der Waals surface area contributed by atoms with Gasteiger partial charge in [-0.25, -0.2) is 0 Å². The van der Waals surface area contributed by atoms with Crippen LogP contribution in [-0.2, 0) is 4.18 Å². The first-order chi connectivity index (χ1) is 7.89. The van der Waals surface area contributed by atoms with Crippen LogP contribution in [0.1, 0.15) is 12.5 Å². The molecule has 1 unspecified atom stereocenters. The zero-order chi connectivity index (χ0) is 12.9. The minimum atomic E-state index is -4.45. The highest BCUT2D eigenvalue weighted by Gasteiger charge is 2.51. The largest absolute Gasteiger partial charge is 0.422 e. The number of hydrogen-bond acceptors (Lipinski definition) is 2. The zero-order valence-corrected chi connectivity index (χ0v) is 11.8. The fraction of sp³-hybridized carbons (Fsp3) is 0.273. The molecular weight excluding hydrogens is 364 g/mol. The summed E-state index contributed by atoms with van der Waals surface area (Å²) < 4.78 is 43.1. The highest BCUT2D eigenvalue weighted by molar-refractivity contribution is 14.2. The molecule has 17 heavy (non-hydrogen) atoms. The maximum atomic E-state index is 12.8. The third kappa shape index (κ3) is 4.18. The first-order valence-corrected chi connectivity index (χ1v) is 7.95. The summed E-state index contributed by atoms with van der Waals surface area (Å²) in [6, 6.07) is 8.78. The summed E-state index contributed by atoms with van der Waals surface area (Å²) in [6.45, 7) is 0.998. The van der Waals surface area contributed by atoms with E-state index in [2.05, 4.69) is 0 Å². The lowest BCUT2D eigenvalue weighted by molar-refractivity contribution is -0.217. The summed E-state index contributed by atoms with van der Waals surface area (Å²) in [5.41, 5.74) is -1.58. The lowest BCUT2D eigenvalue weighted by Crippen LogP contribution is -2.41. The summed E-state index contributed by atoms with van der Waals surface area (Å²) in [5.74, 6) is 0. The Morgan fingerprint density at radius 1 is 1.24 bits per heavy atom. The number of alkyl halides is 3. The second kappa shape index (κ2) is 6.10. The molecule has 94 valence electrons. The van der Waals surface area contributed by atoms with Crippen molar-refractivity contribution in [3.8, 4) is 0 Å². The van der Waals surface area contributed by atoms with Gasteiger partial charge in [0, 0.05) is 21.2 Å². The van der Waals surface area contributed by atoms with E-state index in [0.717, 1.165) is 13.0 Å². The predicted molar refractivity (Wildman–Crippen MR) is 72.6 cm³/mol. The molecule has 1 aromatic rings. The fourth-order valence-electron chi connectivity index (χ4n) is 1.05. The predicted octanol–water partition coefficient (Wildman–Crippen LogP) is 5.04. The van der Waals surface area contributed by atoms with Gasteiger partial charge in [0.25, 0.3) is 0 Å². The Kier molecular flexibility index (Phi) is 5.33. The average molecular weight is 374 g/mol. The van der Waals surface area contributed by atoms with E-state index in [9.17, 15) is 13.2 Å². The minimum Gasteiger partial charge on any atom is -0.285 e. The topological polar surface area (TPSA) is 9.23 Å². The Bertz CT molecular complexity index is 380. The Hall–Kier alpha value is -0.210. The van der Waals surface area contributed by atoms with Crippen molar-refractivity contribution in [2.24, 2.45) is 0 Å². The molecule has 0 bridgehead atoms. The van der Waals surface area contributed by atoms with Gasteiger partial charge in [-0.05, 0) is 18.6 Å². The molecule has 0 N–H and O–H groups in total. The molecule has 0 amide bonds. The van der Waals surface area contributed by atoms with E-state index in [1.165, 1.54) is 6.08 Å². The summed E-state index contributed by atoms with van der Waals surface area (Å²) in [5, 5.41) is 0. The van der Waals surface area contributed by atoms with Gasteiger partial charge in [0.15, 0.2) is 5.60 Å². The normalized spacial score (nSPS) is 16.1. The van der Waals surface area contributed by atoms with Crippen LogP contribution < -0.4 is 0 Å². The van der Waals surface area contributed by atoms with Crippen LogP contribution >= 0.6 is 30.4 Å². The Balaban J connectivity index is 2.91. The molecular formula is C11H10F3IOS. The van der Waals surface area contributed by atoms with E-state index in [4.69, 9.17) is 4.18 Å². The number of hydrogen-bond donors (Lipinski definition) is 0. The zero-order valence-electron chi connectivity index (χ0n) is 8.87. The van der Waals surface area contributed by atoms with Crippen molar-refractivity contribution in [1.29, 1.82) is 0 Å². The maximum absolute atomic E-state index is 12.8. The molecule has 0 saturated heterocycles. The van der Waals surface area contributed by atoms with Gasteiger partial charge in [0.1, 0.15) is 0 Å². The molecule has 0 radical (unpaired) electrons. The maximum Gasteiger partial charge on any atom is 0.422 e. The molecule has 1 rings (SSSR count). The number of halogens is 4. The van der Waals surface area contributed by atoms with E-state index in [1.807, 2.05) is 0 Å². The highest BCUT2D eigenvalue weighted by atomic mass is 127. The van der Waals surface area contributed by atoms with Crippen molar-refractivity contribution < 1.29 is 17.4 Å². The monoisotopic (exact) mass is 374 g/mol. The van der Waals surface area contributed by atoms with Crippen LogP contribution in [0.15, 0.2) is 36.4 Å². The van der Waals surface area contributed by atoms with Crippen LogP contribution in [0, 0.1) is 0 Å². The third-order valence-electron chi connectivity index (χ3n) is 2.16. The minimum absolute atomic E-state index is 0.669. The molecule has 1 nitrogen and oxygen atoms in total. The van der Waals surface area contributed by atoms with Crippen LogP contribution in [-0.4, -0.2) is 11.8 Å². The Morgan fingerprint density at radius 2 is 1.82 bits per heavy atom. The molecule has 0 aliphatic rings. The van der Waals surface area contributed by atoms with Gasteiger partial charge >= 0.3 is 6.18 Å². The summed E-state index contributed by atoms with van der Waals surface area (Å²) in [7, 11) is 0.669. The lowest BCUT2D eigenvalue weighted by Gasteiger charge is -2.26. The molecule has 1 atom stereocenters. The van der Waals surface area contributed by atoms with Crippen LogP contribution in [0.25, 0.3) is 6.08 Å². The van der Waals surface area contributed by atoms with Crippen molar-refractivity contribution >= 4 is 36.5 Å². The quantitative estimate of drug-likeness (QED) is 0.540. The summed E-state index contributed by atoms with van der Waals surface area (Å²) in [4.78, 5) is 0.